The fraction of sp³-hybridized carbons (Fsp3) is 0. The summed E-state index contributed by atoms with van der Waals surface area (Å²) in [5, 5.41) is 5.85. The molecule has 0 bridgehead atoms. The number of hydrogen-bond donors (Lipinski definition) is 0. The summed E-state index contributed by atoms with van der Waals surface area (Å²) < 4.78 is 8.92. The van der Waals surface area contributed by atoms with Crippen LogP contribution in [0.5, 0.6) is 0 Å². The van der Waals surface area contributed by atoms with Gasteiger partial charge in [-0.1, -0.05) is 146 Å². The fourth-order valence-corrected chi connectivity index (χ4v) is 8.12. The van der Waals surface area contributed by atoms with Crippen LogP contribution in [0.1, 0.15) is 0 Å². The average Bonchev–Trinajstić information content (AvgIpc) is 3.79. The number of furan rings is 1. The summed E-state index contributed by atoms with van der Waals surface area (Å²) in [6, 6.07) is 66.3. The molecule has 11 aromatic rings. The van der Waals surface area contributed by atoms with Crippen molar-refractivity contribution in [1.29, 1.82) is 0 Å². The van der Waals surface area contributed by atoms with Crippen molar-refractivity contribution in [2.24, 2.45) is 0 Å². The molecule has 11 rings (SSSR count). The van der Waals surface area contributed by atoms with Gasteiger partial charge in [0.15, 0.2) is 11.4 Å². The van der Waals surface area contributed by atoms with Gasteiger partial charge >= 0.3 is 0 Å². The maximum atomic E-state index is 6.55. The third-order valence-corrected chi connectivity index (χ3v) is 10.6. The van der Waals surface area contributed by atoms with Crippen LogP contribution >= 0.6 is 0 Å². The quantitative estimate of drug-likeness (QED) is 0.181. The summed E-state index contributed by atoms with van der Waals surface area (Å²) in [6.07, 6.45) is 0. The van der Waals surface area contributed by atoms with Gasteiger partial charge in [-0.15, -0.1) is 0 Å². The van der Waals surface area contributed by atoms with E-state index in [1.165, 1.54) is 43.7 Å². The molecule has 0 N–H and O–H groups in total. The molecule has 0 aliphatic rings. The smallest absolute Gasteiger partial charge is 0.180 e. The highest BCUT2D eigenvalue weighted by molar-refractivity contribution is 6.13. The van der Waals surface area contributed by atoms with Crippen LogP contribution in [0.3, 0.4) is 0 Å². The minimum absolute atomic E-state index is 0.675. The molecule has 0 saturated carbocycles. The molecule has 0 aliphatic carbocycles. The Labute approximate surface area is 311 Å². The minimum Gasteiger partial charge on any atom is -0.452 e. The molecule has 8 aromatic carbocycles. The van der Waals surface area contributed by atoms with E-state index >= 15 is 0 Å². The number of fused-ring (bicyclic) bond motifs is 7. The van der Waals surface area contributed by atoms with Crippen molar-refractivity contribution in [3.8, 4) is 50.6 Å². The van der Waals surface area contributed by atoms with Crippen LogP contribution in [0.4, 0.5) is 0 Å². The Kier molecular flexibility index (Phi) is 6.82. The minimum atomic E-state index is 0.675. The second-order valence-electron chi connectivity index (χ2n) is 13.7. The van der Waals surface area contributed by atoms with Crippen LogP contribution in [0.25, 0.3) is 105 Å². The number of nitrogens with zero attached hydrogens (tertiary/aromatic N) is 3. The number of hydrogen-bond acceptors (Lipinski definition) is 3. The lowest BCUT2D eigenvalue weighted by molar-refractivity contribution is 0.667. The first kappa shape index (κ1) is 30.3. The molecule has 0 spiro atoms. The van der Waals surface area contributed by atoms with Crippen LogP contribution in [-0.4, -0.2) is 14.5 Å². The summed E-state index contributed by atoms with van der Waals surface area (Å²) in [7, 11) is 0. The van der Waals surface area contributed by atoms with E-state index in [0.29, 0.717) is 11.4 Å². The Morgan fingerprint density at radius 3 is 1.65 bits per heavy atom. The summed E-state index contributed by atoms with van der Waals surface area (Å²) >= 11 is 0. The van der Waals surface area contributed by atoms with Gasteiger partial charge in [0.25, 0.3) is 0 Å². The van der Waals surface area contributed by atoms with E-state index in [4.69, 9.17) is 14.4 Å². The van der Waals surface area contributed by atoms with Gasteiger partial charge in [0.1, 0.15) is 16.8 Å². The molecule has 0 amide bonds. The van der Waals surface area contributed by atoms with Crippen LogP contribution in [0, 0.1) is 0 Å². The molecule has 252 valence electrons. The van der Waals surface area contributed by atoms with Crippen molar-refractivity contribution in [2.75, 3.05) is 0 Å². The van der Waals surface area contributed by atoms with Gasteiger partial charge in [-0.05, 0) is 75.5 Å². The first-order valence-electron chi connectivity index (χ1n) is 18.2. The lowest BCUT2D eigenvalue weighted by Gasteiger charge is -2.13. The normalized spacial score (nSPS) is 11.7. The number of aromatic nitrogens is 3. The molecular weight excluding hydrogens is 659 g/mol. The first-order valence-corrected chi connectivity index (χ1v) is 18.2. The molecule has 0 aliphatic heterocycles. The van der Waals surface area contributed by atoms with Gasteiger partial charge in [-0.25, -0.2) is 9.97 Å². The molecule has 4 nitrogen and oxygen atoms in total. The Hall–Kier alpha value is -7.30. The highest BCUT2D eigenvalue weighted by atomic mass is 16.3. The number of para-hydroxylation sites is 2. The van der Waals surface area contributed by atoms with Crippen molar-refractivity contribution in [3.63, 3.8) is 0 Å². The van der Waals surface area contributed by atoms with Crippen LogP contribution < -0.4 is 0 Å². The fourth-order valence-electron chi connectivity index (χ4n) is 8.12. The third-order valence-electron chi connectivity index (χ3n) is 10.6. The summed E-state index contributed by atoms with van der Waals surface area (Å²) in [6.45, 7) is 0. The van der Waals surface area contributed by atoms with Gasteiger partial charge in [-0.2, -0.15) is 0 Å². The average molecular weight is 690 g/mol. The zero-order valence-electron chi connectivity index (χ0n) is 29.1. The molecule has 3 aromatic heterocycles. The highest BCUT2D eigenvalue weighted by Crippen LogP contribution is 2.42. The maximum Gasteiger partial charge on any atom is 0.180 e. The lowest BCUT2D eigenvalue weighted by Crippen LogP contribution is -1.93. The molecule has 54 heavy (non-hydrogen) atoms. The van der Waals surface area contributed by atoms with E-state index in [1.54, 1.807) is 0 Å². The van der Waals surface area contributed by atoms with Gasteiger partial charge < -0.3 is 8.98 Å². The molecule has 0 atom stereocenters. The van der Waals surface area contributed by atoms with E-state index in [0.717, 1.165) is 50.1 Å². The monoisotopic (exact) mass is 689 g/mol. The van der Waals surface area contributed by atoms with Crippen molar-refractivity contribution in [3.05, 3.63) is 188 Å². The van der Waals surface area contributed by atoms with E-state index < -0.39 is 0 Å². The highest BCUT2D eigenvalue weighted by Gasteiger charge is 2.20. The summed E-state index contributed by atoms with van der Waals surface area (Å²) in [5.74, 6) is 0.675. The van der Waals surface area contributed by atoms with Gasteiger partial charge in [0.2, 0.25) is 0 Å². The molecular formula is C50H31N3O. The Balaban J connectivity index is 1.08. The van der Waals surface area contributed by atoms with Gasteiger partial charge in [-0.3, -0.25) is 0 Å². The topological polar surface area (TPSA) is 43.9 Å². The van der Waals surface area contributed by atoms with E-state index in [1.807, 2.05) is 36.4 Å². The molecule has 0 saturated heterocycles. The Morgan fingerprint density at radius 1 is 0.389 bits per heavy atom. The number of benzene rings is 8. The largest absolute Gasteiger partial charge is 0.452 e. The lowest BCUT2D eigenvalue weighted by atomic mass is 9.91. The van der Waals surface area contributed by atoms with Crippen LogP contribution in [-0.2, 0) is 0 Å². The van der Waals surface area contributed by atoms with Crippen molar-refractivity contribution in [2.45, 2.75) is 0 Å². The van der Waals surface area contributed by atoms with E-state index in [-0.39, 0.29) is 0 Å². The molecule has 0 fully saturated rings. The number of rotatable bonds is 5. The van der Waals surface area contributed by atoms with Crippen molar-refractivity contribution in [1.82, 2.24) is 14.5 Å². The predicted molar refractivity (Wildman–Crippen MR) is 223 cm³/mol. The molecule has 0 radical (unpaired) electrons. The Bertz CT molecular complexity index is 3200. The summed E-state index contributed by atoms with van der Waals surface area (Å²) in [4.78, 5) is 10.2. The maximum absolute atomic E-state index is 6.55. The van der Waals surface area contributed by atoms with Crippen molar-refractivity contribution >= 4 is 54.6 Å². The van der Waals surface area contributed by atoms with Gasteiger partial charge in [0.05, 0.1) is 11.0 Å². The second kappa shape index (κ2) is 12.1. The van der Waals surface area contributed by atoms with Crippen molar-refractivity contribution < 1.29 is 4.42 Å². The zero-order chi connectivity index (χ0) is 35.6. The van der Waals surface area contributed by atoms with Crippen LogP contribution in [0.2, 0.25) is 0 Å². The third kappa shape index (κ3) is 4.78. The zero-order valence-corrected chi connectivity index (χ0v) is 29.1. The molecule has 3 heterocycles. The summed E-state index contributed by atoms with van der Waals surface area (Å²) in [5.41, 5.74) is 13.3. The Morgan fingerprint density at radius 2 is 0.944 bits per heavy atom. The molecule has 0 unspecified atom stereocenters. The van der Waals surface area contributed by atoms with Crippen LogP contribution in [0.15, 0.2) is 192 Å². The van der Waals surface area contributed by atoms with Gasteiger partial charge in [0, 0.05) is 33.0 Å². The second-order valence-corrected chi connectivity index (χ2v) is 13.7. The predicted octanol–water partition coefficient (Wildman–Crippen LogP) is 13.3. The van der Waals surface area contributed by atoms with E-state index in [9.17, 15) is 0 Å². The first-order chi connectivity index (χ1) is 26.8. The molecule has 4 heteroatoms. The standard InChI is InChI=1S/C50H31N3O/c1-4-14-32(15-5-1)47-49-48(52-50(51-47)33-16-6-2-7-17-33)43-31-35(25-29-46(43)54-49)38-27-26-37(39-20-10-11-21-40(38)39)34-24-28-45-42(30-34)41-22-12-13-23-44(41)53(45)36-18-8-3-9-19-36/h1-31H. The SMILES string of the molecule is c1ccc(-c2nc(-c3ccccc3)c3oc4ccc(-c5ccc(-c6ccc7c(c6)c6ccccc6n7-c6ccccc6)c6ccccc56)cc4c3n2)cc1. The van der Waals surface area contributed by atoms with E-state index in [2.05, 4.69) is 156 Å².